The summed E-state index contributed by atoms with van der Waals surface area (Å²) < 4.78 is 14.0. The van der Waals surface area contributed by atoms with Gasteiger partial charge in [0, 0.05) is 12.4 Å². The van der Waals surface area contributed by atoms with E-state index in [1.54, 1.807) is 24.5 Å². The highest BCUT2D eigenvalue weighted by molar-refractivity contribution is 5.62. The highest BCUT2D eigenvalue weighted by atomic mass is 19.1. The first-order valence-electron chi connectivity index (χ1n) is 5.56. The Morgan fingerprint density at radius 2 is 1.65 bits per heavy atom. The molecule has 0 radical (unpaired) electrons. The van der Waals surface area contributed by atoms with Crippen molar-refractivity contribution in [3.63, 3.8) is 0 Å². The smallest absolute Gasteiger partial charge is 0.162 e. The number of aromatic nitrogens is 2. The van der Waals surface area contributed by atoms with E-state index in [1.165, 1.54) is 6.07 Å². The molecule has 1 heterocycles. The second kappa shape index (κ2) is 4.24. The van der Waals surface area contributed by atoms with Crippen LogP contribution in [0.4, 0.5) is 4.39 Å². The maximum absolute atomic E-state index is 14.0. The Hall–Kier alpha value is -1.77. The summed E-state index contributed by atoms with van der Waals surface area (Å²) in [7, 11) is 0. The summed E-state index contributed by atoms with van der Waals surface area (Å²) in [6.45, 7) is 6.15. The summed E-state index contributed by atoms with van der Waals surface area (Å²) in [5, 5.41) is 0. The maximum Gasteiger partial charge on any atom is 0.162 e. The van der Waals surface area contributed by atoms with E-state index < -0.39 is 0 Å². The zero-order chi connectivity index (χ0) is 12.5. The summed E-state index contributed by atoms with van der Waals surface area (Å²) in [4.78, 5) is 8.27. The molecule has 2 rings (SSSR count). The number of benzene rings is 1. The Bertz CT molecular complexity index is 515. The van der Waals surface area contributed by atoms with E-state index in [2.05, 4.69) is 9.97 Å². The fraction of sp³-hybridized carbons (Fsp3) is 0.286. The molecule has 0 bridgehead atoms. The molecule has 0 unspecified atom stereocenters. The zero-order valence-electron chi connectivity index (χ0n) is 10.2. The van der Waals surface area contributed by atoms with E-state index in [4.69, 9.17) is 0 Å². The minimum Gasteiger partial charge on any atom is -0.236 e. The van der Waals surface area contributed by atoms with Crippen LogP contribution >= 0.6 is 0 Å². The van der Waals surface area contributed by atoms with Crippen molar-refractivity contribution in [2.75, 3.05) is 0 Å². The second-order valence-corrected chi connectivity index (χ2v) is 4.98. The van der Waals surface area contributed by atoms with Gasteiger partial charge in [0.2, 0.25) is 0 Å². The van der Waals surface area contributed by atoms with Gasteiger partial charge in [0.15, 0.2) is 5.82 Å². The van der Waals surface area contributed by atoms with Crippen molar-refractivity contribution in [3.05, 3.63) is 48.0 Å². The summed E-state index contributed by atoms with van der Waals surface area (Å²) in [5.41, 5.74) is 1.28. The van der Waals surface area contributed by atoms with Crippen LogP contribution in [-0.4, -0.2) is 9.97 Å². The molecule has 3 heteroatoms. The average molecular weight is 230 g/mol. The largest absolute Gasteiger partial charge is 0.236 e. The highest BCUT2D eigenvalue weighted by Gasteiger charge is 2.22. The average Bonchev–Trinajstić information content (AvgIpc) is 2.28. The summed E-state index contributed by atoms with van der Waals surface area (Å²) >= 11 is 0. The van der Waals surface area contributed by atoms with Gasteiger partial charge in [0.1, 0.15) is 5.82 Å². The normalized spacial score (nSPS) is 11.5. The zero-order valence-corrected chi connectivity index (χ0v) is 10.2. The predicted octanol–water partition coefficient (Wildman–Crippen LogP) is 3.58. The fourth-order valence-electron chi connectivity index (χ4n) is 1.80. The van der Waals surface area contributed by atoms with Gasteiger partial charge in [-0.3, -0.25) is 0 Å². The van der Waals surface area contributed by atoms with Crippen molar-refractivity contribution in [2.24, 2.45) is 0 Å². The summed E-state index contributed by atoms with van der Waals surface area (Å²) in [6.07, 6.45) is 3.25. The Morgan fingerprint density at radius 1 is 1.00 bits per heavy atom. The molecular formula is C14H15FN2. The van der Waals surface area contributed by atoms with E-state index >= 15 is 0 Å². The third-order valence-corrected chi connectivity index (χ3v) is 2.61. The van der Waals surface area contributed by atoms with Gasteiger partial charge in [-0.1, -0.05) is 32.9 Å². The number of nitrogens with zero attached hydrogens (tertiary/aromatic N) is 2. The second-order valence-electron chi connectivity index (χ2n) is 4.98. The van der Waals surface area contributed by atoms with Crippen molar-refractivity contribution in [3.8, 4) is 11.4 Å². The minimum atomic E-state index is -0.274. The molecule has 88 valence electrons. The van der Waals surface area contributed by atoms with Gasteiger partial charge in [-0.15, -0.1) is 0 Å². The molecule has 0 fully saturated rings. The first-order chi connectivity index (χ1) is 8.00. The molecule has 0 aliphatic carbocycles. The van der Waals surface area contributed by atoms with Crippen LogP contribution in [-0.2, 0) is 5.41 Å². The van der Waals surface area contributed by atoms with Crippen LogP contribution in [0.25, 0.3) is 11.4 Å². The van der Waals surface area contributed by atoms with Crippen molar-refractivity contribution in [1.29, 1.82) is 0 Å². The van der Waals surface area contributed by atoms with Crippen molar-refractivity contribution < 1.29 is 4.39 Å². The first-order valence-corrected chi connectivity index (χ1v) is 5.56. The van der Waals surface area contributed by atoms with Gasteiger partial charge < -0.3 is 0 Å². The number of hydrogen-bond acceptors (Lipinski definition) is 2. The molecule has 17 heavy (non-hydrogen) atoms. The standard InChI is InChI=1S/C14H15FN2/c1-14(2,3)10-6-4-7-11(15)12(10)13-16-8-5-9-17-13/h4-9H,1-3H3. The van der Waals surface area contributed by atoms with Gasteiger partial charge in [-0.2, -0.15) is 0 Å². The lowest BCUT2D eigenvalue weighted by Gasteiger charge is -2.22. The molecule has 0 aliphatic heterocycles. The Morgan fingerprint density at radius 3 is 2.24 bits per heavy atom. The topological polar surface area (TPSA) is 25.8 Å². The fourth-order valence-corrected chi connectivity index (χ4v) is 1.80. The van der Waals surface area contributed by atoms with Crippen LogP contribution in [0.3, 0.4) is 0 Å². The summed E-state index contributed by atoms with van der Waals surface area (Å²) in [5.74, 6) is 0.166. The van der Waals surface area contributed by atoms with Crippen molar-refractivity contribution in [1.82, 2.24) is 9.97 Å². The maximum atomic E-state index is 14.0. The molecule has 0 saturated heterocycles. The Balaban J connectivity index is 2.69. The van der Waals surface area contributed by atoms with Gasteiger partial charge in [0.05, 0.1) is 5.56 Å². The number of halogens is 1. The van der Waals surface area contributed by atoms with Crippen LogP contribution in [0.5, 0.6) is 0 Å². The lowest BCUT2D eigenvalue weighted by molar-refractivity contribution is 0.575. The predicted molar refractivity (Wildman–Crippen MR) is 66.1 cm³/mol. The lowest BCUT2D eigenvalue weighted by atomic mass is 9.83. The van der Waals surface area contributed by atoms with Gasteiger partial charge >= 0.3 is 0 Å². The molecular weight excluding hydrogens is 215 g/mol. The third kappa shape index (κ3) is 2.33. The van der Waals surface area contributed by atoms with E-state index in [9.17, 15) is 4.39 Å². The van der Waals surface area contributed by atoms with Gasteiger partial charge in [-0.25, -0.2) is 14.4 Å². The van der Waals surface area contributed by atoms with Crippen LogP contribution < -0.4 is 0 Å². The highest BCUT2D eigenvalue weighted by Crippen LogP contribution is 2.32. The SMILES string of the molecule is CC(C)(C)c1cccc(F)c1-c1ncccn1. The van der Waals surface area contributed by atoms with Crippen LogP contribution in [0.15, 0.2) is 36.7 Å². The van der Waals surface area contributed by atoms with Gasteiger partial charge in [0.25, 0.3) is 0 Å². The quantitative estimate of drug-likeness (QED) is 0.748. The van der Waals surface area contributed by atoms with Crippen LogP contribution in [0.1, 0.15) is 26.3 Å². The third-order valence-electron chi connectivity index (χ3n) is 2.61. The van der Waals surface area contributed by atoms with Gasteiger partial charge in [-0.05, 0) is 23.1 Å². The molecule has 0 atom stereocenters. The lowest BCUT2D eigenvalue weighted by Crippen LogP contribution is -2.14. The Kier molecular flexibility index (Phi) is 2.92. The van der Waals surface area contributed by atoms with Crippen molar-refractivity contribution >= 4 is 0 Å². The minimum absolute atomic E-state index is 0.142. The Labute approximate surface area is 101 Å². The molecule has 0 aliphatic rings. The van der Waals surface area contributed by atoms with E-state index in [1.807, 2.05) is 26.8 Å². The van der Waals surface area contributed by atoms with E-state index in [-0.39, 0.29) is 11.2 Å². The number of rotatable bonds is 1. The first kappa shape index (κ1) is 11.7. The number of hydrogen-bond donors (Lipinski definition) is 0. The molecule has 0 N–H and O–H groups in total. The summed E-state index contributed by atoms with van der Waals surface area (Å²) in [6, 6.07) is 6.82. The molecule has 0 saturated carbocycles. The monoisotopic (exact) mass is 230 g/mol. The molecule has 0 spiro atoms. The molecule has 1 aromatic heterocycles. The molecule has 1 aromatic carbocycles. The molecule has 2 aromatic rings. The van der Waals surface area contributed by atoms with Crippen LogP contribution in [0, 0.1) is 5.82 Å². The van der Waals surface area contributed by atoms with Crippen LogP contribution in [0.2, 0.25) is 0 Å². The molecule has 0 amide bonds. The van der Waals surface area contributed by atoms with E-state index in [0.29, 0.717) is 11.4 Å². The van der Waals surface area contributed by atoms with E-state index in [0.717, 1.165) is 5.56 Å². The molecule has 2 nitrogen and oxygen atoms in total. The van der Waals surface area contributed by atoms with Crippen molar-refractivity contribution in [2.45, 2.75) is 26.2 Å².